The molecule has 0 bridgehead atoms. The molecule has 0 spiro atoms. The maximum absolute atomic E-state index is 9.77. The molecule has 0 radical (unpaired) electrons. The van der Waals surface area contributed by atoms with Crippen molar-refractivity contribution in [1.29, 1.82) is 0 Å². The van der Waals surface area contributed by atoms with Crippen LogP contribution in [0.2, 0.25) is 0 Å². The van der Waals surface area contributed by atoms with E-state index in [1.165, 1.54) is 4.88 Å². The van der Waals surface area contributed by atoms with Gasteiger partial charge in [0.2, 0.25) is 0 Å². The molecule has 0 aliphatic heterocycles. The quantitative estimate of drug-likeness (QED) is 0.612. The van der Waals surface area contributed by atoms with E-state index in [1.807, 2.05) is 17.5 Å². The summed E-state index contributed by atoms with van der Waals surface area (Å²) in [5.74, 6) is 0. The summed E-state index contributed by atoms with van der Waals surface area (Å²) in [4.78, 5) is 1.17. The summed E-state index contributed by atoms with van der Waals surface area (Å²) < 4.78 is 5.45. The minimum Gasteiger partial charge on any atom is -0.396 e. The van der Waals surface area contributed by atoms with Crippen LogP contribution in [0.1, 0.15) is 25.1 Å². The molecule has 0 aromatic carbocycles. The SMILES string of the molecule is CC(C)(CCO)CNCC(O)COCc1cccs1. The molecule has 0 fully saturated rings. The highest BCUT2D eigenvalue weighted by atomic mass is 32.1. The molecule has 4 nitrogen and oxygen atoms in total. The number of aliphatic hydroxyl groups excluding tert-OH is 2. The van der Waals surface area contributed by atoms with Crippen molar-refractivity contribution in [3.63, 3.8) is 0 Å². The molecule has 1 rings (SSSR count). The van der Waals surface area contributed by atoms with Crippen molar-refractivity contribution in [3.8, 4) is 0 Å². The molecule has 0 saturated heterocycles. The van der Waals surface area contributed by atoms with Gasteiger partial charge >= 0.3 is 0 Å². The van der Waals surface area contributed by atoms with Crippen LogP contribution < -0.4 is 5.32 Å². The van der Waals surface area contributed by atoms with E-state index in [0.29, 0.717) is 19.8 Å². The second-order valence-electron chi connectivity index (χ2n) is 5.52. The zero-order valence-corrected chi connectivity index (χ0v) is 12.6. The number of aliphatic hydroxyl groups is 2. The summed E-state index contributed by atoms with van der Waals surface area (Å²) in [6.07, 6.45) is 0.259. The Hall–Kier alpha value is -0.460. The highest BCUT2D eigenvalue weighted by molar-refractivity contribution is 7.09. The number of hydrogen-bond acceptors (Lipinski definition) is 5. The predicted molar refractivity (Wildman–Crippen MR) is 78.3 cm³/mol. The average Bonchev–Trinajstić information content (AvgIpc) is 2.81. The Morgan fingerprint density at radius 3 is 2.89 bits per heavy atom. The van der Waals surface area contributed by atoms with E-state index in [-0.39, 0.29) is 12.0 Å². The number of thiophene rings is 1. The van der Waals surface area contributed by atoms with E-state index in [1.54, 1.807) is 11.3 Å². The Labute approximate surface area is 119 Å². The third kappa shape index (κ3) is 7.64. The van der Waals surface area contributed by atoms with Gasteiger partial charge in [0.05, 0.1) is 19.3 Å². The normalized spacial score (nSPS) is 13.7. The van der Waals surface area contributed by atoms with Crippen LogP contribution in [0.25, 0.3) is 0 Å². The molecule has 1 heterocycles. The second-order valence-corrected chi connectivity index (χ2v) is 6.55. The highest BCUT2D eigenvalue weighted by Crippen LogP contribution is 2.17. The molecule has 0 aliphatic rings. The van der Waals surface area contributed by atoms with Crippen molar-refractivity contribution < 1.29 is 14.9 Å². The maximum Gasteiger partial charge on any atom is 0.0897 e. The number of hydrogen-bond donors (Lipinski definition) is 3. The molecule has 1 unspecified atom stereocenters. The molecule has 110 valence electrons. The monoisotopic (exact) mass is 287 g/mol. The van der Waals surface area contributed by atoms with Gasteiger partial charge in [0.15, 0.2) is 0 Å². The van der Waals surface area contributed by atoms with E-state index < -0.39 is 6.10 Å². The zero-order valence-electron chi connectivity index (χ0n) is 11.8. The van der Waals surface area contributed by atoms with Crippen LogP contribution >= 0.6 is 11.3 Å². The van der Waals surface area contributed by atoms with Crippen LogP contribution in [0.5, 0.6) is 0 Å². The first-order chi connectivity index (χ1) is 9.03. The number of rotatable bonds is 10. The Morgan fingerprint density at radius 1 is 1.47 bits per heavy atom. The second kappa shape index (κ2) is 8.66. The minimum atomic E-state index is -0.495. The third-order valence-corrected chi connectivity index (χ3v) is 3.76. The van der Waals surface area contributed by atoms with Crippen LogP contribution in [-0.4, -0.2) is 42.6 Å². The van der Waals surface area contributed by atoms with Gasteiger partial charge in [-0.2, -0.15) is 0 Å². The van der Waals surface area contributed by atoms with E-state index in [0.717, 1.165) is 13.0 Å². The van der Waals surface area contributed by atoms with Gasteiger partial charge in [-0.05, 0) is 23.3 Å². The van der Waals surface area contributed by atoms with Gasteiger partial charge in [-0.1, -0.05) is 19.9 Å². The third-order valence-electron chi connectivity index (χ3n) is 2.91. The molecule has 19 heavy (non-hydrogen) atoms. The van der Waals surface area contributed by atoms with Crippen LogP contribution in [0.3, 0.4) is 0 Å². The first kappa shape index (κ1) is 16.6. The topological polar surface area (TPSA) is 61.7 Å². The summed E-state index contributed by atoms with van der Waals surface area (Å²) in [6.45, 7) is 6.57. The fraction of sp³-hybridized carbons (Fsp3) is 0.714. The Kier molecular flexibility index (Phi) is 7.56. The largest absolute Gasteiger partial charge is 0.396 e. The van der Waals surface area contributed by atoms with Gasteiger partial charge in [-0.3, -0.25) is 0 Å². The van der Waals surface area contributed by atoms with Crippen molar-refractivity contribution in [2.45, 2.75) is 33.0 Å². The lowest BCUT2D eigenvalue weighted by atomic mass is 9.90. The number of ether oxygens (including phenoxy) is 1. The first-order valence-electron chi connectivity index (χ1n) is 6.63. The van der Waals surface area contributed by atoms with Gasteiger partial charge in [-0.25, -0.2) is 0 Å². The van der Waals surface area contributed by atoms with E-state index in [4.69, 9.17) is 9.84 Å². The van der Waals surface area contributed by atoms with Gasteiger partial charge < -0.3 is 20.3 Å². The van der Waals surface area contributed by atoms with Gasteiger partial charge in [0.25, 0.3) is 0 Å². The molecule has 0 saturated carbocycles. The van der Waals surface area contributed by atoms with E-state index in [9.17, 15) is 5.11 Å². The minimum absolute atomic E-state index is 0.0479. The van der Waals surface area contributed by atoms with Crippen molar-refractivity contribution in [1.82, 2.24) is 5.32 Å². The van der Waals surface area contributed by atoms with Crippen molar-refractivity contribution in [2.24, 2.45) is 5.41 Å². The van der Waals surface area contributed by atoms with Crippen LogP contribution in [0, 0.1) is 5.41 Å². The summed E-state index contributed by atoms with van der Waals surface area (Å²) >= 11 is 1.66. The van der Waals surface area contributed by atoms with Crippen molar-refractivity contribution in [2.75, 3.05) is 26.3 Å². The molecule has 1 atom stereocenters. The van der Waals surface area contributed by atoms with E-state index in [2.05, 4.69) is 19.2 Å². The molecule has 0 amide bonds. The van der Waals surface area contributed by atoms with Crippen molar-refractivity contribution >= 4 is 11.3 Å². The molecule has 3 N–H and O–H groups in total. The van der Waals surface area contributed by atoms with Crippen molar-refractivity contribution in [3.05, 3.63) is 22.4 Å². The fourth-order valence-corrected chi connectivity index (χ4v) is 2.36. The van der Waals surface area contributed by atoms with Gasteiger partial charge in [0, 0.05) is 24.6 Å². The van der Waals surface area contributed by atoms with Crippen LogP contribution in [-0.2, 0) is 11.3 Å². The summed E-state index contributed by atoms with van der Waals surface area (Å²) in [7, 11) is 0. The van der Waals surface area contributed by atoms with E-state index >= 15 is 0 Å². The van der Waals surface area contributed by atoms with Gasteiger partial charge in [0.1, 0.15) is 0 Å². The molecule has 1 aromatic rings. The Bertz CT molecular complexity index is 327. The molecule has 1 aromatic heterocycles. The lowest BCUT2D eigenvalue weighted by Crippen LogP contribution is -2.36. The molecule has 5 heteroatoms. The summed E-state index contributed by atoms with van der Waals surface area (Å²) in [5.41, 5.74) is 0.0479. The molecular weight excluding hydrogens is 262 g/mol. The van der Waals surface area contributed by atoms with Gasteiger partial charge in [-0.15, -0.1) is 11.3 Å². The Morgan fingerprint density at radius 2 is 2.26 bits per heavy atom. The Balaban J connectivity index is 2.06. The smallest absolute Gasteiger partial charge is 0.0897 e. The lowest BCUT2D eigenvalue weighted by molar-refractivity contribution is 0.0286. The highest BCUT2D eigenvalue weighted by Gasteiger charge is 2.17. The molecular formula is C14H25NO3S. The summed E-state index contributed by atoms with van der Waals surface area (Å²) in [6, 6.07) is 4.01. The fourth-order valence-electron chi connectivity index (χ4n) is 1.72. The molecule has 0 aliphatic carbocycles. The zero-order chi connectivity index (χ0) is 14.1. The average molecular weight is 287 g/mol. The van der Waals surface area contributed by atoms with Crippen LogP contribution in [0.4, 0.5) is 0 Å². The number of nitrogens with one attached hydrogen (secondary N) is 1. The lowest BCUT2D eigenvalue weighted by Gasteiger charge is -2.24. The maximum atomic E-state index is 9.77. The van der Waals surface area contributed by atoms with Crippen LogP contribution in [0.15, 0.2) is 17.5 Å². The first-order valence-corrected chi connectivity index (χ1v) is 7.51. The summed E-state index contributed by atoms with van der Waals surface area (Å²) in [5, 5.41) is 23.9. The standard InChI is InChI=1S/C14H25NO3S/c1-14(2,5-6-16)11-15-8-12(17)9-18-10-13-4-3-7-19-13/h3-4,7,12,15-17H,5-6,8-11H2,1-2H3. The predicted octanol–water partition coefficient (Wildman–Crippen LogP) is 1.62.